The van der Waals surface area contributed by atoms with Crippen molar-refractivity contribution in [3.05, 3.63) is 5.21 Å². The van der Waals surface area contributed by atoms with Crippen molar-refractivity contribution in [2.24, 2.45) is 0 Å². The SMILES string of the molecule is CCCC(C)[N+](C)(C)[O-]. The maximum atomic E-state index is 11.1. The van der Waals surface area contributed by atoms with E-state index in [9.17, 15) is 5.21 Å². The van der Waals surface area contributed by atoms with Crippen LogP contribution in [-0.4, -0.2) is 24.8 Å². The Kier molecular flexibility index (Phi) is 3.15. The fraction of sp³-hybridized carbons (Fsp3) is 1.00. The standard InChI is InChI=1S/C7H17NO/c1-5-6-7(2)8(3,4)9/h7H,5-6H2,1-4H3. The number of hydroxylamine groups is 3. The summed E-state index contributed by atoms with van der Waals surface area (Å²) in [7, 11) is 3.39. The van der Waals surface area contributed by atoms with Gasteiger partial charge in [0.05, 0.1) is 20.1 Å². The van der Waals surface area contributed by atoms with Gasteiger partial charge in [-0.25, -0.2) is 0 Å². The molecule has 0 aliphatic carbocycles. The highest BCUT2D eigenvalue weighted by Gasteiger charge is 2.11. The van der Waals surface area contributed by atoms with Crippen molar-refractivity contribution in [1.82, 2.24) is 0 Å². The van der Waals surface area contributed by atoms with Gasteiger partial charge in [0.2, 0.25) is 0 Å². The van der Waals surface area contributed by atoms with Gasteiger partial charge in [0.25, 0.3) is 0 Å². The predicted molar refractivity (Wildman–Crippen MR) is 39.8 cm³/mol. The topological polar surface area (TPSA) is 23.1 Å². The minimum atomic E-state index is -0.159. The zero-order valence-corrected chi connectivity index (χ0v) is 6.85. The highest BCUT2D eigenvalue weighted by molar-refractivity contribution is 4.48. The molecule has 0 aromatic heterocycles. The molecule has 0 aromatic carbocycles. The van der Waals surface area contributed by atoms with Crippen molar-refractivity contribution in [3.63, 3.8) is 0 Å². The average molecular weight is 131 g/mol. The molecule has 2 heteroatoms. The van der Waals surface area contributed by atoms with Crippen LogP contribution in [0.15, 0.2) is 0 Å². The molecule has 1 atom stereocenters. The summed E-state index contributed by atoms with van der Waals surface area (Å²) < 4.78 is -0.159. The minimum absolute atomic E-state index is 0.159. The van der Waals surface area contributed by atoms with Gasteiger partial charge in [0.15, 0.2) is 0 Å². The van der Waals surface area contributed by atoms with Crippen molar-refractivity contribution in [3.8, 4) is 0 Å². The monoisotopic (exact) mass is 131 g/mol. The van der Waals surface area contributed by atoms with E-state index < -0.39 is 0 Å². The van der Waals surface area contributed by atoms with Crippen molar-refractivity contribution in [2.75, 3.05) is 14.1 Å². The molecule has 0 saturated heterocycles. The number of quaternary nitrogens is 1. The smallest absolute Gasteiger partial charge is 0.0854 e. The molecule has 56 valence electrons. The summed E-state index contributed by atoms with van der Waals surface area (Å²) in [6.07, 6.45) is 2.13. The quantitative estimate of drug-likeness (QED) is 0.422. The van der Waals surface area contributed by atoms with Gasteiger partial charge in [-0.05, 0) is 13.3 Å². The summed E-state index contributed by atoms with van der Waals surface area (Å²) in [5, 5.41) is 11.1. The van der Waals surface area contributed by atoms with Gasteiger partial charge >= 0.3 is 0 Å². The van der Waals surface area contributed by atoms with Crippen LogP contribution >= 0.6 is 0 Å². The molecule has 0 amide bonds. The molecule has 0 aliphatic rings. The molecule has 1 unspecified atom stereocenters. The van der Waals surface area contributed by atoms with Crippen LogP contribution in [0.5, 0.6) is 0 Å². The van der Waals surface area contributed by atoms with E-state index >= 15 is 0 Å². The number of hydrogen-bond donors (Lipinski definition) is 0. The molecular weight excluding hydrogens is 114 g/mol. The Labute approximate surface area is 57.6 Å². The molecule has 0 radical (unpaired) electrons. The second-order valence-corrected chi connectivity index (χ2v) is 3.07. The summed E-state index contributed by atoms with van der Waals surface area (Å²) in [6, 6.07) is 0.245. The minimum Gasteiger partial charge on any atom is -0.633 e. The molecule has 0 bridgehead atoms. The Hall–Kier alpha value is -0.0800. The number of hydrogen-bond acceptors (Lipinski definition) is 1. The zero-order valence-electron chi connectivity index (χ0n) is 6.85. The Bertz CT molecular complexity index is 75.5. The van der Waals surface area contributed by atoms with Crippen molar-refractivity contribution >= 4 is 0 Å². The molecule has 0 spiro atoms. The van der Waals surface area contributed by atoms with E-state index in [1.165, 1.54) is 0 Å². The van der Waals surface area contributed by atoms with Crippen LogP contribution in [0, 0.1) is 5.21 Å². The summed E-state index contributed by atoms with van der Waals surface area (Å²) in [5.74, 6) is 0. The molecule has 0 saturated carbocycles. The second-order valence-electron chi connectivity index (χ2n) is 3.07. The molecular formula is C7H17NO. The van der Waals surface area contributed by atoms with E-state index in [1.807, 2.05) is 6.92 Å². The number of nitrogens with zero attached hydrogens (tertiary/aromatic N) is 1. The third kappa shape index (κ3) is 3.49. The van der Waals surface area contributed by atoms with E-state index in [0.29, 0.717) is 0 Å². The third-order valence-electron chi connectivity index (χ3n) is 1.77. The lowest BCUT2D eigenvalue weighted by molar-refractivity contribution is -0.864. The van der Waals surface area contributed by atoms with Crippen LogP contribution in [-0.2, 0) is 0 Å². The fourth-order valence-corrected chi connectivity index (χ4v) is 0.729. The molecule has 0 fully saturated rings. The maximum Gasteiger partial charge on any atom is 0.0854 e. The first kappa shape index (κ1) is 8.92. The van der Waals surface area contributed by atoms with Crippen molar-refractivity contribution < 1.29 is 4.65 Å². The number of rotatable bonds is 3. The largest absolute Gasteiger partial charge is 0.633 e. The molecule has 9 heavy (non-hydrogen) atoms. The van der Waals surface area contributed by atoms with Crippen LogP contribution in [0.3, 0.4) is 0 Å². The second kappa shape index (κ2) is 3.18. The predicted octanol–water partition coefficient (Wildman–Crippen LogP) is 1.75. The van der Waals surface area contributed by atoms with Crippen molar-refractivity contribution in [2.45, 2.75) is 32.7 Å². The maximum absolute atomic E-state index is 11.1. The van der Waals surface area contributed by atoms with Crippen LogP contribution in [0.1, 0.15) is 26.7 Å². The zero-order chi connectivity index (χ0) is 7.49. The van der Waals surface area contributed by atoms with Gasteiger partial charge in [-0.3, -0.25) is 0 Å². The first-order valence-electron chi connectivity index (χ1n) is 3.53. The lowest BCUT2D eigenvalue weighted by Gasteiger charge is -2.40. The fourth-order valence-electron chi connectivity index (χ4n) is 0.729. The molecule has 0 heterocycles. The van der Waals surface area contributed by atoms with Gasteiger partial charge in [-0.1, -0.05) is 13.3 Å². The third-order valence-corrected chi connectivity index (χ3v) is 1.77. The summed E-state index contributed by atoms with van der Waals surface area (Å²) in [6.45, 7) is 4.10. The van der Waals surface area contributed by atoms with Gasteiger partial charge < -0.3 is 9.85 Å². The molecule has 0 rings (SSSR count). The summed E-state index contributed by atoms with van der Waals surface area (Å²) in [5.41, 5.74) is 0. The van der Waals surface area contributed by atoms with Gasteiger partial charge in [-0.2, -0.15) is 0 Å². The van der Waals surface area contributed by atoms with Crippen LogP contribution in [0.25, 0.3) is 0 Å². The lowest BCUT2D eigenvalue weighted by Crippen LogP contribution is -2.41. The van der Waals surface area contributed by atoms with Gasteiger partial charge in [0, 0.05) is 0 Å². The van der Waals surface area contributed by atoms with Crippen LogP contribution in [0.2, 0.25) is 0 Å². The first-order valence-corrected chi connectivity index (χ1v) is 3.53. The van der Waals surface area contributed by atoms with Crippen LogP contribution < -0.4 is 0 Å². The van der Waals surface area contributed by atoms with Gasteiger partial charge in [0.1, 0.15) is 0 Å². The molecule has 0 N–H and O–H groups in total. The molecule has 0 aliphatic heterocycles. The Morgan fingerprint density at radius 2 is 1.89 bits per heavy atom. The van der Waals surface area contributed by atoms with E-state index in [1.54, 1.807) is 14.1 Å². The van der Waals surface area contributed by atoms with E-state index in [-0.39, 0.29) is 10.7 Å². The Balaban J connectivity index is 3.59. The summed E-state index contributed by atoms with van der Waals surface area (Å²) in [4.78, 5) is 0. The lowest BCUT2D eigenvalue weighted by atomic mass is 10.2. The van der Waals surface area contributed by atoms with E-state index in [2.05, 4.69) is 6.92 Å². The molecule has 2 nitrogen and oxygen atoms in total. The highest BCUT2D eigenvalue weighted by atomic mass is 16.5. The van der Waals surface area contributed by atoms with E-state index in [4.69, 9.17) is 0 Å². The van der Waals surface area contributed by atoms with Crippen LogP contribution in [0.4, 0.5) is 0 Å². The Morgan fingerprint density at radius 1 is 1.44 bits per heavy atom. The Morgan fingerprint density at radius 3 is 2.00 bits per heavy atom. The molecule has 0 aromatic rings. The normalized spacial score (nSPS) is 15.7. The van der Waals surface area contributed by atoms with Gasteiger partial charge in [-0.15, -0.1) is 0 Å². The highest BCUT2D eigenvalue weighted by Crippen LogP contribution is 2.08. The average Bonchev–Trinajstić information content (AvgIpc) is 1.64. The first-order chi connectivity index (χ1) is 3.98. The van der Waals surface area contributed by atoms with Crippen molar-refractivity contribution in [1.29, 1.82) is 0 Å². The van der Waals surface area contributed by atoms with E-state index in [0.717, 1.165) is 12.8 Å². The summed E-state index contributed by atoms with van der Waals surface area (Å²) >= 11 is 0.